The quantitative estimate of drug-likeness (QED) is 0.694. The van der Waals surface area contributed by atoms with Crippen LogP contribution in [-0.2, 0) is 4.74 Å². The smallest absolute Gasteiger partial charge is 0.164 e. The molecule has 1 saturated heterocycles. The average Bonchev–Trinajstić information content (AvgIpc) is 2.49. The molecule has 0 radical (unpaired) electrons. The summed E-state index contributed by atoms with van der Waals surface area (Å²) in [6.45, 7) is 3.17. The molecular formula is C16H20Cl2O3. The zero-order chi connectivity index (χ0) is 15.2. The summed E-state index contributed by atoms with van der Waals surface area (Å²) >= 11 is 12.3. The van der Waals surface area contributed by atoms with Gasteiger partial charge in [-0.3, -0.25) is 4.79 Å². The second-order valence-corrected chi connectivity index (χ2v) is 5.96. The molecule has 1 atom stereocenters. The van der Waals surface area contributed by atoms with E-state index >= 15 is 0 Å². The van der Waals surface area contributed by atoms with E-state index in [9.17, 15) is 4.79 Å². The van der Waals surface area contributed by atoms with Crippen molar-refractivity contribution < 1.29 is 14.3 Å². The Kier molecular flexibility index (Phi) is 6.34. The van der Waals surface area contributed by atoms with E-state index < -0.39 is 0 Å². The molecule has 0 saturated carbocycles. The second-order valence-electron chi connectivity index (χ2n) is 5.15. The highest BCUT2D eigenvalue weighted by atomic mass is 35.5. The van der Waals surface area contributed by atoms with Crippen LogP contribution in [0.15, 0.2) is 12.1 Å². The number of ether oxygens (including phenoxy) is 2. The van der Waals surface area contributed by atoms with E-state index in [0.29, 0.717) is 34.4 Å². The molecule has 1 aliphatic heterocycles. The normalized spacial score (nSPS) is 18.5. The standard InChI is InChI=1S/C16H20Cl2O3/c1-2-20-16-10-13(17)12(9-14(16)18)15(19)7-6-11-5-3-4-8-21-11/h9-11H,2-8H2,1H3. The van der Waals surface area contributed by atoms with Crippen LogP contribution in [0.2, 0.25) is 10.0 Å². The highest BCUT2D eigenvalue weighted by molar-refractivity contribution is 6.36. The fourth-order valence-corrected chi connectivity index (χ4v) is 2.95. The lowest BCUT2D eigenvalue weighted by Gasteiger charge is -2.22. The van der Waals surface area contributed by atoms with Gasteiger partial charge in [-0.2, -0.15) is 0 Å². The summed E-state index contributed by atoms with van der Waals surface area (Å²) < 4.78 is 11.0. The zero-order valence-corrected chi connectivity index (χ0v) is 13.7. The Morgan fingerprint density at radius 3 is 2.81 bits per heavy atom. The molecule has 1 unspecified atom stereocenters. The van der Waals surface area contributed by atoms with E-state index in [0.717, 1.165) is 25.9 Å². The van der Waals surface area contributed by atoms with Gasteiger partial charge in [0.05, 0.1) is 22.8 Å². The first kappa shape index (κ1) is 16.6. The third-order valence-corrected chi connectivity index (χ3v) is 4.20. The van der Waals surface area contributed by atoms with Gasteiger partial charge in [-0.05, 0) is 38.7 Å². The number of ketones is 1. The molecule has 0 N–H and O–H groups in total. The van der Waals surface area contributed by atoms with Gasteiger partial charge in [0, 0.05) is 24.7 Å². The number of hydrogen-bond donors (Lipinski definition) is 0. The SMILES string of the molecule is CCOc1cc(Cl)c(C(=O)CCC2CCCCO2)cc1Cl. The van der Waals surface area contributed by atoms with Crippen LogP contribution in [0.4, 0.5) is 0 Å². The molecule has 0 aromatic heterocycles. The molecule has 0 aliphatic carbocycles. The highest BCUT2D eigenvalue weighted by Gasteiger charge is 2.18. The fraction of sp³-hybridized carbons (Fsp3) is 0.562. The maximum atomic E-state index is 12.3. The fourth-order valence-electron chi connectivity index (χ4n) is 2.47. The predicted molar refractivity (Wildman–Crippen MR) is 84.8 cm³/mol. The molecular weight excluding hydrogens is 311 g/mol. The lowest BCUT2D eigenvalue weighted by Crippen LogP contribution is -2.20. The van der Waals surface area contributed by atoms with Crippen molar-refractivity contribution in [3.63, 3.8) is 0 Å². The van der Waals surface area contributed by atoms with Crippen molar-refractivity contribution in [2.75, 3.05) is 13.2 Å². The minimum Gasteiger partial charge on any atom is -0.492 e. The van der Waals surface area contributed by atoms with Crippen molar-refractivity contribution in [1.29, 1.82) is 0 Å². The molecule has 116 valence electrons. The average molecular weight is 331 g/mol. The molecule has 21 heavy (non-hydrogen) atoms. The molecule has 3 nitrogen and oxygen atoms in total. The summed E-state index contributed by atoms with van der Waals surface area (Å²) in [4.78, 5) is 12.3. The number of Topliss-reactive ketones (excluding diaryl/α,β-unsaturated/α-hetero) is 1. The van der Waals surface area contributed by atoms with Crippen molar-refractivity contribution in [3.05, 3.63) is 27.7 Å². The molecule has 1 heterocycles. The third-order valence-electron chi connectivity index (χ3n) is 3.59. The first-order valence-corrected chi connectivity index (χ1v) is 8.14. The Morgan fingerprint density at radius 2 is 2.14 bits per heavy atom. The summed E-state index contributed by atoms with van der Waals surface area (Å²) in [5.41, 5.74) is 0.459. The number of rotatable bonds is 6. The Hall–Kier alpha value is -0.770. The van der Waals surface area contributed by atoms with Crippen molar-refractivity contribution in [2.45, 2.75) is 45.1 Å². The van der Waals surface area contributed by atoms with Gasteiger partial charge >= 0.3 is 0 Å². The van der Waals surface area contributed by atoms with E-state index in [-0.39, 0.29) is 11.9 Å². The third kappa shape index (κ3) is 4.60. The summed E-state index contributed by atoms with van der Waals surface area (Å²) in [6, 6.07) is 3.21. The van der Waals surface area contributed by atoms with Crippen LogP contribution >= 0.6 is 23.2 Å². The Morgan fingerprint density at radius 1 is 1.33 bits per heavy atom. The minimum absolute atomic E-state index is 0.000813. The molecule has 1 aromatic carbocycles. The van der Waals surface area contributed by atoms with Gasteiger partial charge < -0.3 is 9.47 Å². The van der Waals surface area contributed by atoms with Gasteiger partial charge in [0.25, 0.3) is 0 Å². The molecule has 1 fully saturated rings. The largest absolute Gasteiger partial charge is 0.492 e. The Labute approximate surface area is 135 Å². The summed E-state index contributed by atoms with van der Waals surface area (Å²) in [6.07, 6.45) is 4.68. The van der Waals surface area contributed by atoms with E-state index in [2.05, 4.69) is 0 Å². The Balaban J connectivity index is 1.99. The van der Waals surface area contributed by atoms with Crippen LogP contribution in [0.1, 0.15) is 49.4 Å². The predicted octanol–water partition coefficient (Wildman–Crippen LogP) is 4.92. The first-order chi connectivity index (χ1) is 10.1. The monoisotopic (exact) mass is 330 g/mol. The topological polar surface area (TPSA) is 35.5 Å². The van der Waals surface area contributed by atoms with Gasteiger partial charge in [-0.15, -0.1) is 0 Å². The lowest BCUT2D eigenvalue weighted by atomic mass is 10.00. The lowest BCUT2D eigenvalue weighted by molar-refractivity contribution is 0.0104. The zero-order valence-electron chi connectivity index (χ0n) is 12.2. The number of benzene rings is 1. The molecule has 1 aliphatic rings. The van der Waals surface area contributed by atoms with E-state index in [4.69, 9.17) is 32.7 Å². The summed E-state index contributed by atoms with van der Waals surface area (Å²) in [7, 11) is 0. The molecule has 0 bridgehead atoms. The number of carbonyl (C=O) groups excluding carboxylic acids is 1. The van der Waals surface area contributed by atoms with E-state index in [1.54, 1.807) is 12.1 Å². The van der Waals surface area contributed by atoms with Crippen molar-refractivity contribution in [3.8, 4) is 5.75 Å². The van der Waals surface area contributed by atoms with E-state index in [1.165, 1.54) is 6.42 Å². The van der Waals surface area contributed by atoms with E-state index in [1.807, 2.05) is 6.92 Å². The summed E-state index contributed by atoms with van der Waals surface area (Å²) in [5.74, 6) is 0.510. The Bertz CT molecular complexity index is 497. The van der Waals surface area contributed by atoms with Gasteiger partial charge in [0.1, 0.15) is 5.75 Å². The maximum Gasteiger partial charge on any atom is 0.164 e. The van der Waals surface area contributed by atoms with Crippen LogP contribution in [0, 0.1) is 0 Å². The molecule has 0 spiro atoms. The number of halogens is 2. The van der Waals surface area contributed by atoms with Gasteiger partial charge in [-0.25, -0.2) is 0 Å². The molecule has 1 aromatic rings. The molecule has 0 amide bonds. The number of hydrogen-bond acceptors (Lipinski definition) is 3. The van der Waals surface area contributed by atoms with Gasteiger partial charge in [0.2, 0.25) is 0 Å². The van der Waals surface area contributed by atoms with Gasteiger partial charge in [0.15, 0.2) is 5.78 Å². The highest BCUT2D eigenvalue weighted by Crippen LogP contribution is 2.32. The van der Waals surface area contributed by atoms with Crippen LogP contribution in [0.25, 0.3) is 0 Å². The minimum atomic E-state index is -0.000813. The first-order valence-electron chi connectivity index (χ1n) is 7.38. The maximum absolute atomic E-state index is 12.3. The van der Waals surface area contributed by atoms with Crippen molar-refractivity contribution in [2.24, 2.45) is 0 Å². The summed E-state index contributed by atoms with van der Waals surface area (Å²) in [5, 5.41) is 0.802. The van der Waals surface area contributed by atoms with Crippen LogP contribution in [-0.4, -0.2) is 25.1 Å². The van der Waals surface area contributed by atoms with Crippen LogP contribution in [0.3, 0.4) is 0 Å². The molecule has 2 rings (SSSR count). The van der Waals surface area contributed by atoms with Crippen LogP contribution in [0.5, 0.6) is 5.75 Å². The number of carbonyl (C=O) groups is 1. The van der Waals surface area contributed by atoms with Gasteiger partial charge in [-0.1, -0.05) is 23.2 Å². The second kappa shape index (κ2) is 8.02. The molecule has 5 heteroatoms. The van der Waals surface area contributed by atoms with Crippen molar-refractivity contribution >= 4 is 29.0 Å². The van der Waals surface area contributed by atoms with Crippen LogP contribution < -0.4 is 4.74 Å². The van der Waals surface area contributed by atoms with Crippen molar-refractivity contribution in [1.82, 2.24) is 0 Å².